The second-order valence-electron chi connectivity index (χ2n) is 5.73. The topological polar surface area (TPSA) is 106 Å². The van der Waals surface area contributed by atoms with Gasteiger partial charge in [0.05, 0.1) is 12.7 Å². The van der Waals surface area contributed by atoms with Gasteiger partial charge in [-0.25, -0.2) is 4.79 Å². The molecule has 0 aliphatic heterocycles. The second-order valence-corrected chi connectivity index (χ2v) is 7.05. The molecule has 0 aliphatic carbocycles. The lowest BCUT2D eigenvalue weighted by Gasteiger charge is -2.12. The molecule has 29 heavy (non-hydrogen) atoms. The fourth-order valence-electron chi connectivity index (χ4n) is 2.19. The summed E-state index contributed by atoms with van der Waals surface area (Å²) in [5.41, 5.74) is 6.05. The van der Waals surface area contributed by atoms with E-state index in [1.165, 1.54) is 25.3 Å². The van der Waals surface area contributed by atoms with Gasteiger partial charge in [0.2, 0.25) is 0 Å². The molecule has 0 aliphatic rings. The second kappa shape index (κ2) is 10.5. The number of methoxy groups -OCH3 is 1. The zero-order chi connectivity index (χ0) is 21.4. The molecule has 0 radical (unpaired) electrons. The first kappa shape index (κ1) is 22.3. The van der Waals surface area contributed by atoms with Crippen molar-refractivity contribution in [2.45, 2.75) is 6.92 Å². The normalized spacial score (nSPS) is 9.90. The maximum Gasteiger partial charge on any atom is 0.337 e. The van der Waals surface area contributed by atoms with E-state index in [9.17, 15) is 14.4 Å². The van der Waals surface area contributed by atoms with Gasteiger partial charge in [0.15, 0.2) is 11.7 Å². The van der Waals surface area contributed by atoms with E-state index in [1.807, 2.05) is 13.0 Å². The van der Waals surface area contributed by atoms with E-state index >= 15 is 0 Å². The fourth-order valence-corrected chi connectivity index (χ4v) is 2.81. The molecule has 2 aromatic rings. The number of thiocarbonyl (C=S) groups is 1. The molecule has 2 rings (SSSR count). The first-order chi connectivity index (χ1) is 13.8. The van der Waals surface area contributed by atoms with Crippen molar-refractivity contribution < 1.29 is 23.9 Å². The lowest BCUT2D eigenvalue weighted by atomic mass is 10.1. The van der Waals surface area contributed by atoms with Crippen LogP contribution < -0.4 is 20.9 Å². The number of benzene rings is 2. The predicted octanol–water partition coefficient (Wildman–Crippen LogP) is 2.26. The van der Waals surface area contributed by atoms with Crippen molar-refractivity contribution in [1.29, 1.82) is 0 Å². The lowest BCUT2D eigenvalue weighted by molar-refractivity contribution is -0.123. The van der Waals surface area contributed by atoms with Crippen molar-refractivity contribution in [3.8, 4) is 5.75 Å². The summed E-state index contributed by atoms with van der Waals surface area (Å²) in [6.45, 7) is 1.61. The van der Waals surface area contributed by atoms with E-state index in [0.717, 1.165) is 10.0 Å². The van der Waals surface area contributed by atoms with E-state index in [2.05, 4.69) is 36.8 Å². The van der Waals surface area contributed by atoms with Crippen LogP contribution in [0.15, 0.2) is 46.9 Å². The van der Waals surface area contributed by atoms with Gasteiger partial charge in [0.25, 0.3) is 11.8 Å². The van der Waals surface area contributed by atoms with E-state index < -0.39 is 17.8 Å². The van der Waals surface area contributed by atoms with Crippen LogP contribution in [-0.2, 0) is 9.53 Å². The molecule has 3 N–H and O–H groups in total. The summed E-state index contributed by atoms with van der Waals surface area (Å²) in [4.78, 5) is 35.6. The highest BCUT2D eigenvalue weighted by Crippen LogP contribution is 2.21. The number of hydrogen-bond donors (Lipinski definition) is 3. The lowest BCUT2D eigenvalue weighted by Crippen LogP contribution is -2.49. The minimum atomic E-state index is -0.561. The fraction of sp³-hybridized carbons (Fsp3) is 0.158. The third-order valence-corrected chi connectivity index (χ3v) is 4.28. The number of amides is 2. The Hall–Kier alpha value is -2.98. The van der Waals surface area contributed by atoms with Gasteiger partial charge in [-0.2, -0.15) is 0 Å². The summed E-state index contributed by atoms with van der Waals surface area (Å²) in [5.74, 6) is -1.03. The summed E-state index contributed by atoms with van der Waals surface area (Å²) < 4.78 is 11.0. The van der Waals surface area contributed by atoms with Crippen LogP contribution in [0.1, 0.15) is 26.3 Å². The number of aryl methyl sites for hydroxylation is 1. The molecule has 10 heteroatoms. The standard InChI is InChI=1S/C19H18BrN3O5S/c1-11-8-14(20)6-7-15(11)28-10-16(24)22-23-19(29)21-17(25)12-4-3-5-13(9-12)18(26)27-2/h3-9H,10H2,1-2H3,(H,22,24)(H2,21,23,25,29). The van der Waals surface area contributed by atoms with Gasteiger partial charge < -0.3 is 9.47 Å². The number of rotatable bonds is 5. The molecule has 2 amide bonds. The van der Waals surface area contributed by atoms with Gasteiger partial charge in [-0.3, -0.25) is 25.8 Å². The van der Waals surface area contributed by atoms with E-state index in [-0.39, 0.29) is 22.8 Å². The number of halogens is 1. The van der Waals surface area contributed by atoms with Gasteiger partial charge >= 0.3 is 5.97 Å². The summed E-state index contributed by atoms with van der Waals surface area (Å²) in [6, 6.07) is 11.4. The zero-order valence-corrected chi connectivity index (χ0v) is 18.0. The van der Waals surface area contributed by atoms with Gasteiger partial charge in [-0.1, -0.05) is 22.0 Å². The average molecular weight is 480 g/mol. The Morgan fingerprint density at radius 1 is 1.07 bits per heavy atom. The van der Waals surface area contributed by atoms with E-state index in [0.29, 0.717) is 5.75 Å². The first-order valence-electron chi connectivity index (χ1n) is 8.27. The van der Waals surface area contributed by atoms with Crippen LogP contribution in [-0.4, -0.2) is 36.6 Å². The summed E-state index contributed by atoms with van der Waals surface area (Å²) >= 11 is 8.32. The number of esters is 1. The van der Waals surface area contributed by atoms with Crippen molar-refractivity contribution in [1.82, 2.24) is 16.2 Å². The minimum Gasteiger partial charge on any atom is -0.483 e. The van der Waals surface area contributed by atoms with Crippen molar-refractivity contribution in [2.75, 3.05) is 13.7 Å². The van der Waals surface area contributed by atoms with Crippen LogP contribution >= 0.6 is 28.1 Å². The van der Waals surface area contributed by atoms with E-state index in [1.54, 1.807) is 18.2 Å². The van der Waals surface area contributed by atoms with Gasteiger partial charge in [0, 0.05) is 10.0 Å². The summed E-state index contributed by atoms with van der Waals surface area (Å²) in [5, 5.41) is 2.27. The molecule has 0 spiro atoms. The van der Waals surface area contributed by atoms with Crippen molar-refractivity contribution in [2.24, 2.45) is 0 Å². The van der Waals surface area contributed by atoms with Crippen molar-refractivity contribution in [3.63, 3.8) is 0 Å². The number of carbonyl (C=O) groups is 3. The number of ether oxygens (including phenoxy) is 2. The maximum atomic E-state index is 12.2. The molecule has 152 valence electrons. The molecule has 0 unspecified atom stereocenters. The molecule has 0 heterocycles. The smallest absolute Gasteiger partial charge is 0.337 e. The predicted molar refractivity (Wildman–Crippen MR) is 113 cm³/mol. The Labute approximate surface area is 181 Å². The quantitative estimate of drug-likeness (QED) is 0.343. The zero-order valence-electron chi connectivity index (χ0n) is 15.6. The van der Waals surface area contributed by atoms with Crippen molar-refractivity contribution in [3.05, 3.63) is 63.6 Å². The maximum absolute atomic E-state index is 12.2. The summed E-state index contributed by atoms with van der Waals surface area (Å²) in [6.07, 6.45) is 0. The van der Waals surface area contributed by atoms with Crippen molar-refractivity contribution >= 4 is 51.0 Å². The molecule has 8 nitrogen and oxygen atoms in total. The molecule has 0 saturated heterocycles. The Morgan fingerprint density at radius 2 is 1.79 bits per heavy atom. The highest BCUT2D eigenvalue weighted by atomic mass is 79.9. The average Bonchev–Trinajstić information content (AvgIpc) is 2.71. The molecule has 0 bridgehead atoms. The molecule has 2 aromatic carbocycles. The Bertz CT molecular complexity index is 951. The van der Waals surface area contributed by atoms with Crippen LogP contribution in [0, 0.1) is 6.92 Å². The number of hydrazine groups is 1. The third-order valence-electron chi connectivity index (χ3n) is 3.58. The van der Waals surface area contributed by atoms with Crippen LogP contribution in [0.3, 0.4) is 0 Å². The molecule has 0 atom stereocenters. The molecule has 0 fully saturated rings. The van der Waals surface area contributed by atoms with E-state index in [4.69, 9.17) is 17.0 Å². The molecule has 0 saturated carbocycles. The third kappa shape index (κ3) is 6.84. The number of carbonyl (C=O) groups excluding carboxylic acids is 3. The minimum absolute atomic E-state index is 0.119. The Balaban J connectivity index is 1.81. The highest BCUT2D eigenvalue weighted by Gasteiger charge is 2.12. The number of nitrogens with one attached hydrogen (secondary N) is 3. The Morgan fingerprint density at radius 3 is 2.48 bits per heavy atom. The van der Waals surface area contributed by atoms with Gasteiger partial charge in [-0.05, 0) is 61.1 Å². The summed E-state index contributed by atoms with van der Waals surface area (Å²) in [7, 11) is 1.25. The van der Waals surface area contributed by atoms with Crippen LogP contribution in [0.25, 0.3) is 0 Å². The first-order valence-corrected chi connectivity index (χ1v) is 9.47. The molecular weight excluding hydrogens is 462 g/mol. The largest absolute Gasteiger partial charge is 0.483 e. The van der Waals surface area contributed by atoms with Crippen LogP contribution in [0.2, 0.25) is 0 Å². The SMILES string of the molecule is COC(=O)c1cccc(C(=O)NC(=S)NNC(=O)COc2ccc(Br)cc2C)c1. The molecule has 0 aromatic heterocycles. The van der Waals surface area contributed by atoms with Gasteiger partial charge in [0.1, 0.15) is 5.75 Å². The highest BCUT2D eigenvalue weighted by molar-refractivity contribution is 9.10. The number of hydrogen-bond acceptors (Lipinski definition) is 6. The van der Waals surface area contributed by atoms with Crippen LogP contribution in [0.4, 0.5) is 0 Å². The monoisotopic (exact) mass is 479 g/mol. The Kier molecular flexibility index (Phi) is 8.10. The van der Waals surface area contributed by atoms with Gasteiger partial charge in [-0.15, -0.1) is 0 Å². The molecular formula is C19H18BrN3O5S. The van der Waals surface area contributed by atoms with Crippen LogP contribution in [0.5, 0.6) is 5.75 Å².